The highest BCUT2D eigenvalue weighted by Gasteiger charge is 2.27. The molecule has 2 aliphatic rings. The third-order valence-electron chi connectivity index (χ3n) is 22.9. The van der Waals surface area contributed by atoms with Crippen LogP contribution in [0.4, 0.5) is 0 Å². The van der Waals surface area contributed by atoms with Gasteiger partial charge in [0.15, 0.2) is 72.9 Å². The van der Waals surface area contributed by atoms with Gasteiger partial charge < -0.3 is 9.97 Å². The van der Waals surface area contributed by atoms with Gasteiger partial charge in [0.1, 0.15) is 48.8 Å². The van der Waals surface area contributed by atoms with Crippen LogP contribution in [0.5, 0.6) is 0 Å². The van der Waals surface area contributed by atoms with Gasteiger partial charge in [-0.25, -0.2) is 48.2 Å². The fraction of sp³-hybridized carbons (Fsp3) is 0.696. The highest BCUT2D eigenvalue weighted by molar-refractivity contribution is 6.05. The van der Waals surface area contributed by atoms with Crippen LogP contribution in [-0.4, -0.2) is 39.9 Å². The van der Waals surface area contributed by atoms with Gasteiger partial charge in [0.05, 0.1) is 21.9 Å². The Balaban J connectivity index is 0.970. The molecule has 570 valence electrons. The Labute approximate surface area is 631 Å². The molecule has 2 N–H and O–H groups in total. The van der Waals surface area contributed by atoms with Gasteiger partial charge in [0, 0.05) is 71.8 Å². The van der Waals surface area contributed by atoms with Crippen molar-refractivity contribution >= 4 is 44.1 Å². The van der Waals surface area contributed by atoms with E-state index in [4.69, 9.17) is 29.9 Å². The van der Waals surface area contributed by atoms with Crippen molar-refractivity contribution in [2.45, 2.75) is 413 Å². The Kier molecular flexibility index (Phi) is 39.2. The van der Waals surface area contributed by atoms with E-state index in [1.54, 1.807) is 0 Å². The van der Waals surface area contributed by atoms with Crippen LogP contribution >= 0.6 is 0 Å². The Morgan fingerprint density at radius 2 is 0.394 bits per heavy atom. The lowest BCUT2D eigenvalue weighted by molar-refractivity contribution is -0.697. The van der Waals surface area contributed by atoms with Crippen molar-refractivity contribution in [3.05, 3.63) is 73.8 Å². The molecule has 9 rings (SSSR count). The molecule has 8 bridgehead atoms. The summed E-state index contributed by atoms with van der Waals surface area (Å²) >= 11 is 0. The first-order valence-electron chi connectivity index (χ1n) is 44.5. The van der Waals surface area contributed by atoms with E-state index < -0.39 is 0 Å². The fourth-order valence-corrected chi connectivity index (χ4v) is 16.3. The first-order chi connectivity index (χ1) is 51.5. The molecule has 7 aromatic heterocycles. The minimum absolute atomic E-state index is 0.655. The van der Waals surface area contributed by atoms with Crippen LogP contribution in [0.15, 0.2) is 73.8 Å². The van der Waals surface area contributed by atoms with Crippen molar-refractivity contribution in [1.82, 2.24) is 39.9 Å². The van der Waals surface area contributed by atoms with Crippen LogP contribution < -0.4 is 18.3 Å². The summed E-state index contributed by atoms with van der Waals surface area (Å²) in [5.74, 6) is 2.63. The molecule has 0 amide bonds. The summed E-state index contributed by atoms with van der Waals surface area (Å²) in [6, 6.07) is 8.94. The van der Waals surface area contributed by atoms with Gasteiger partial charge in [-0.2, -0.15) is 0 Å². The zero-order valence-electron chi connectivity index (χ0n) is 66.8. The molecule has 7 aromatic rings. The van der Waals surface area contributed by atoms with Gasteiger partial charge >= 0.3 is 0 Å². The molecule has 0 spiro atoms. The Bertz CT molecular complexity index is 3440. The molecule has 0 saturated heterocycles. The zero-order chi connectivity index (χ0) is 72.1. The predicted octanol–water partition coefficient (Wildman–Crippen LogP) is 25.9. The molecule has 0 saturated carbocycles. The van der Waals surface area contributed by atoms with Crippen LogP contribution in [0.3, 0.4) is 0 Å². The van der Waals surface area contributed by atoms with Crippen LogP contribution in [0.2, 0.25) is 0 Å². The van der Waals surface area contributed by atoms with Crippen LogP contribution in [-0.2, 0) is 26.2 Å². The number of pyridine rings is 4. The number of hydrogen-bond acceptors (Lipinski definition) is 6. The summed E-state index contributed by atoms with van der Waals surface area (Å²) in [5.41, 5.74) is 6.94. The topological polar surface area (TPSA) is 124 Å². The van der Waals surface area contributed by atoms with E-state index in [1.165, 1.54) is 334 Å². The summed E-state index contributed by atoms with van der Waals surface area (Å²) in [5, 5.41) is 4.08. The minimum atomic E-state index is 0.655. The monoisotopic (exact) mass is 1420 g/mol. The Hall–Kier alpha value is -6.04. The number of nitrogens with one attached hydrogen (secondary N) is 2. The van der Waals surface area contributed by atoms with E-state index >= 15 is 0 Å². The molecule has 9 heterocycles. The van der Waals surface area contributed by atoms with Crippen molar-refractivity contribution in [2.75, 3.05) is 0 Å². The van der Waals surface area contributed by atoms with Crippen LogP contribution in [0.1, 0.15) is 387 Å². The molecule has 12 heteroatoms. The number of H-pyrrole nitrogens is 2. The maximum absolute atomic E-state index is 5.56. The summed E-state index contributed by atoms with van der Waals surface area (Å²) in [6.45, 7) is 13.0. The minimum Gasteiger partial charge on any atom is -0.324 e. The molecule has 0 atom stereocenters. The summed E-state index contributed by atoms with van der Waals surface area (Å²) in [4.78, 5) is 40.7. The van der Waals surface area contributed by atoms with E-state index in [0.717, 1.165) is 118 Å². The molecule has 0 radical (unpaired) electrons. The average Bonchev–Trinajstić information content (AvgIpc) is 1.60. The van der Waals surface area contributed by atoms with Crippen LogP contribution in [0, 0.1) is 0 Å². The van der Waals surface area contributed by atoms with E-state index in [-0.39, 0.29) is 0 Å². The molecule has 0 fully saturated rings. The van der Waals surface area contributed by atoms with E-state index in [2.05, 4.69) is 130 Å². The highest BCUT2D eigenvalue weighted by atomic mass is 15.1. The number of aromatic amines is 2. The largest absolute Gasteiger partial charge is 0.324 e. The van der Waals surface area contributed by atoms with E-state index in [1.807, 2.05) is 0 Å². The molecule has 104 heavy (non-hydrogen) atoms. The van der Waals surface area contributed by atoms with Gasteiger partial charge in [-0.1, -0.05) is 336 Å². The van der Waals surface area contributed by atoms with Crippen molar-refractivity contribution < 1.29 is 18.3 Å². The normalized spacial score (nSPS) is 12.0. The van der Waals surface area contributed by atoms with Crippen molar-refractivity contribution in [3.8, 4) is 45.6 Å². The summed E-state index contributed by atoms with van der Waals surface area (Å²) < 4.78 is 9.45. The second-order valence-corrected chi connectivity index (χ2v) is 32.0. The summed E-state index contributed by atoms with van der Waals surface area (Å²) in [6.07, 6.45) is 93.9. The maximum atomic E-state index is 5.56. The molecular weight excluding hydrogens is 1270 g/mol. The average molecular weight is 1420 g/mol. The molecule has 12 nitrogen and oxygen atoms in total. The van der Waals surface area contributed by atoms with Crippen molar-refractivity contribution in [3.63, 3.8) is 0 Å². The van der Waals surface area contributed by atoms with E-state index in [0.29, 0.717) is 23.3 Å². The Morgan fingerprint density at radius 3 is 0.635 bits per heavy atom. The maximum Gasteiger partial charge on any atom is 0.180 e. The second kappa shape index (κ2) is 49.8. The molecule has 0 aliphatic carbocycles. The highest BCUT2D eigenvalue weighted by Crippen LogP contribution is 2.36. The van der Waals surface area contributed by atoms with Gasteiger partial charge in [0.2, 0.25) is 0 Å². The lowest BCUT2D eigenvalue weighted by Gasteiger charge is -2.03. The molecule has 2 aliphatic heterocycles. The standard InChI is InChI=1S/C92H145N12/c1-5-9-13-17-21-25-29-33-37-41-45-49-53-57-65-101-69-61-77-81(73-101)89-93-85(77)98-90-83-75-103(67-59-55-51-47-43-39-35-31-27-23-19-15-11-7-3)71-63-79(83)87(95-90)100-92-84-76-104(68-60-56-52-48-44-40-36-32-28-24-20-16-12-8-4)72-64-80(84)88(96-92)99-91-82-74-102(70-62-78(82)86(94-91)97-89)66-58-54-50-46-42-38-34-30-26-22-18-14-10-6-2/h61-64,69-76H,5-60,65-68H2,1-4H3,(H,93,94,95,96,97,98,99,100)/q+3/p+1. The van der Waals surface area contributed by atoms with Crippen LogP contribution in [0.25, 0.3) is 89.7 Å². The molecule has 0 unspecified atom stereocenters. The number of hydrogen-bond donors (Lipinski definition) is 2. The first kappa shape index (κ1) is 82.0. The molecular formula is C92H146N12+4. The fourth-order valence-electron chi connectivity index (χ4n) is 16.3. The number of unbranched alkanes of at least 4 members (excludes halogenated alkanes) is 52. The van der Waals surface area contributed by atoms with Gasteiger partial charge in [-0.3, -0.25) is 0 Å². The number of fused-ring (bicyclic) bond motifs is 20. The van der Waals surface area contributed by atoms with Gasteiger partial charge in [-0.05, 0) is 25.7 Å². The summed E-state index contributed by atoms with van der Waals surface area (Å²) in [7, 11) is 0. The quantitative estimate of drug-likeness (QED) is 0.0289. The number of nitrogens with zero attached hydrogens (tertiary/aromatic N) is 10. The predicted molar refractivity (Wildman–Crippen MR) is 438 cm³/mol. The number of aromatic nitrogens is 12. The third kappa shape index (κ3) is 28.6. The Morgan fingerprint density at radius 1 is 0.202 bits per heavy atom. The SMILES string of the molecule is CCCCCCCCCCCCCCCC[n+]1ccc2c(c1)-c1nc-2nc2[nH]c(nc3nc(nc4[nH]c(n1)c1cc[n+](CCCCCCCCCCCCCCCC)cc41)-c1cc[n+](CCCCCCCCCCCCCCCC)cc1-3)c1cc[n+](CCCCCCCCCCCCCCCC)cc21. The van der Waals surface area contributed by atoms with Crippen molar-refractivity contribution in [1.29, 1.82) is 0 Å². The number of aryl methyl sites for hydroxylation is 4. The van der Waals surface area contributed by atoms with Gasteiger partial charge in [-0.15, -0.1) is 0 Å². The zero-order valence-corrected chi connectivity index (χ0v) is 66.8. The second-order valence-electron chi connectivity index (χ2n) is 32.0. The van der Waals surface area contributed by atoms with Crippen molar-refractivity contribution in [2.24, 2.45) is 0 Å². The molecule has 0 aromatic carbocycles. The first-order valence-corrected chi connectivity index (χ1v) is 44.5. The lowest BCUT2D eigenvalue weighted by Crippen LogP contribution is -2.32. The lowest BCUT2D eigenvalue weighted by atomic mass is 10.0. The van der Waals surface area contributed by atoms with Gasteiger partial charge in [0.25, 0.3) is 0 Å². The smallest absolute Gasteiger partial charge is 0.180 e. The number of rotatable bonds is 60. The third-order valence-corrected chi connectivity index (χ3v) is 22.9. The van der Waals surface area contributed by atoms with E-state index in [9.17, 15) is 0 Å².